The molecule has 1 aromatic rings. The summed E-state index contributed by atoms with van der Waals surface area (Å²) in [7, 11) is 0. The first-order valence-electron chi connectivity index (χ1n) is 11.3. The molecule has 5 amide bonds. The Morgan fingerprint density at radius 2 is 1.78 bits per heavy atom. The summed E-state index contributed by atoms with van der Waals surface area (Å²) in [4.78, 5) is 62.4. The molecule has 1 unspecified atom stereocenters. The van der Waals surface area contributed by atoms with Crippen molar-refractivity contribution >= 4 is 29.5 Å². The molecule has 1 fully saturated rings. The fourth-order valence-electron chi connectivity index (χ4n) is 3.63. The first-order chi connectivity index (χ1) is 17.4. The SMILES string of the molecule is C#CCOCCOCCOCCNC(=O)COc1cccc2c1C(=O)N(C1CCC(=O)NC1=O)C2=O. The third kappa shape index (κ3) is 6.88. The summed E-state index contributed by atoms with van der Waals surface area (Å²) in [6, 6.07) is 3.34. The van der Waals surface area contributed by atoms with Crippen molar-refractivity contribution in [3.05, 3.63) is 29.3 Å². The molecule has 0 spiro atoms. The number of hydrogen-bond donors (Lipinski definition) is 2. The standard InChI is InChI=1S/C24H27N3O9/c1-2-9-33-11-13-35-14-12-34-10-8-25-20(29)15-36-18-5-3-4-16-21(18)24(32)27(23(16)31)17-6-7-19(28)26-22(17)30/h1,3-5,17H,6-15H2,(H,25,29)(H,26,28,30). The van der Waals surface area contributed by atoms with E-state index in [1.165, 1.54) is 18.2 Å². The van der Waals surface area contributed by atoms with Crippen LogP contribution in [0.2, 0.25) is 0 Å². The zero-order chi connectivity index (χ0) is 25.9. The van der Waals surface area contributed by atoms with E-state index in [9.17, 15) is 24.0 Å². The lowest BCUT2D eigenvalue weighted by atomic mass is 10.0. The molecular formula is C24H27N3O9. The number of nitrogens with one attached hydrogen (secondary N) is 2. The van der Waals surface area contributed by atoms with Gasteiger partial charge in [-0.2, -0.15) is 0 Å². The number of nitrogens with zero attached hydrogens (tertiary/aromatic N) is 1. The Bertz CT molecular complexity index is 1050. The van der Waals surface area contributed by atoms with Gasteiger partial charge in [-0.05, 0) is 18.6 Å². The summed E-state index contributed by atoms with van der Waals surface area (Å²) in [5.74, 6) is -0.563. The molecular weight excluding hydrogens is 474 g/mol. The fourth-order valence-corrected chi connectivity index (χ4v) is 3.63. The number of benzene rings is 1. The van der Waals surface area contributed by atoms with Gasteiger partial charge in [-0.15, -0.1) is 6.42 Å². The van der Waals surface area contributed by atoms with Gasteiger partial charge in [-0.25, -0.2) is 0 Å². The van der Waals surface area contributed by atoms with Crippen molar-refractivity contribution < 1.29 is 42.9 Å². The molecule has 12 heteroatoms. The van der Waals surface area contributed by atoms with Crippen LogP contribution in [0.4, 0.5) is 0 Å². The summed E-state index contributed by atoms with van der Waals surface area (Å²) in [6.07, 6.45) is 5.12. The van der Waals surface area contributed by atoms with Crippen molar-refractivity contribution in [3.63, 3.8) is 0 Å². The Hall–Kier alpha value is -3.79. The van der Waals surface area contributed by atoms with E-state index in [-0.39, 0.29) is 49.5 Å². The summed E-state index contributed by atoms with van der Waals surface area (Å²) in [5, 5.41) is 4.76. The summed E-state index contributed by atoms with van der Waals surface area (Å²) in [6.45, 7) is 1.87. The van der Waals surface area contributed by atoms with Crippen molar-refractivity contribution in [1.29, 1.82) is 0 Å². The number of hydrogen-bond acceptors (Lipinski definition) is 9. The molecule has 1 saturated heterocycles. The summed E-state index contributed by atoms with van der Waals surface area (Å²) < 4.78 is 21.2. The molecule has 2 heterocycles. The number of terminal acetylenes is 1. The smallest absolute Gasteiger partial charge is 0.266 e. The van der Waals surface area contributed by atoms with Crippen LogP contribution in [-0.4, -0.2) is 93.3 Å². The number of amides is 5. The highest BCUT2D eigenvalue weighted by atomic mass is 16.5. The maximum Gasteiger partial charge on any atom is 0.266 e. The molecule has 1 atom stereocenters. The number of carbonyl (C=O) groups is 5. The Kier molecular flexibility index (Phi) is 9.93. The van der Waals surface area contributed by atoms with E-state index in [4.69, 9.17) is 25.4 Å². The number of imide groups is 2. The van der Waals surface area contributed by atoms with E-state index in [0.717, 1.165) is 4.90 Å². The lowest BCUT2D eigenvalue weighted by Crippen LogP contribution is -2.54. The molecule has 192 valence electrons. The Balaban J connectivity index is 1.41. The molecule has 3 rings (SSSR count). The highest BCUT2D eigenvalue weighted by molar-refractivity contribution is 6.24. The van der Waals surface area contributed by atoms with Gasteiger partial charge in [0.2, 0.25) is 11.8 Å². The van der Waals surface area contributed by atoms with E-state index >= 15 is 0 Å². The predicted molar refractivity (Wildman–Crippen MR) is 123 cm³/mol. The average molecular weight is 501 g/mol. The number of piperidine rings is 1. The molecule has 2 aliphatic rings. The number of ether oxygens (including phenoxy) is 4. The molecule has 0 radical (unpaired) electrons. The maximum absolute atomic E-state index is 13.0. The number of rotatable bonds is 14. The van der Waals surface area contributed by atoms with E-state index in [0.29, 0.717) is 26.4 Å². The first-order valence-corrected chi connectivity index (χ1v) is 11.3. The third-order valence-electron chi connectivity index (χ3n) is 5.29. The molecule has 36 heavy (non-hydrogen) atoms. The van der Waals surface area contributed by atoms with E-state index in [2.05, 4.69) is 16.6 Å². The summed E-state index contributed by atoms with van der Waals surface area (Å²) in [5.41, 5.74) is 0.0499. The molecule has 12 nitrogen and oxygen atoms in total. The summed E-state index contributed by atoms with van der Waals surface area (Å²) >= 11 is 0. The zero-order valence-electron chi connectivity index (χ0n) is 19.6. The fraction of sp³-hybridized carbons (Fsp3) is 0.458. The van der Waals surface area contributed by atoms with Gasteiger partial charge >= 0.3 is 0 Å². The Labute approximate surface area is 207 Å². The van der Waals surface area contributed by atoms with Crippen LogP contribution in [0.5, 0.6) is 5.75 Å². The lowest BCUT2D eigenvalue weighted by molar-refractivity contribution is -0.136. The van der Waals surface area contributed by atoms with Crippen molar-refractivity contribution in [2.24, 2.45) is 0 Å². The van der Waals surface area contributed by atoms with E-state index in [1.807, 2.05) is 0 Å². The second kappa shape index (κ2) is 13.3. The van der Waals surface area contributed by atoms with Gasteiger partial charge in [-0.1, -0.05) is 12.0 Å². The van der Waals surface area contributed by atoms with Crippen LogP contribution < -0.4 is 15.4 Å². The molecule has 0 saturated carbocycles. The van der Waals surface area contributed by atoms with Gasteiger partial charge in [-0.3, -0.25) is 34.2 Å². The molecule has 2 aliphatic heterocycles. The highest BCUT2D eigenvalue weighted by Gasteiger charge is 2.46. The maximum atomic E-state index is 13.0. The number of carbonyl (C=O) groups excluding carboxylic acids is 5. The van der Waals surface area contributed by atoms with Crippen LogP contribution in [-0.2, 0) is 28.6 Å². The third-order valence-corrected chi connectivity index (χ3v) is 5.29. The van der Waals surface area contributed by atoms with E-state index in [1.54, 1.807) is 0 Å². The normalized spacial score (nSPS) is 17.0. The Morgan fingerprint density at radius 1 is 1.06 bits per heavy atom. The highest BCUT2D eigenvalue weighted by Crippen LogP contribution is 2.33. The van der Waals surface area contributed by atoms with Crippen LogP contribution in [0.25, 0.3) is 0 Å². The first kappa shape index (κ1) is 26.8. The molecule has 0 bridgehead atoms. The molecule has 1 aromatic carbocycles. The van der Waals surface area contributed by atoms with Gasteiger partial charge in [0, 0.05) is 13.0 Å². The minimum Gasteiger partial charge on any atom is -0.483 e. The van der Waals surface area contributed by atoms with Crippen LogP contribution in [0.1, 0.15) is 33.6 Å². The van der Waals surface area contributed by atoms with Gasteiger partial charge in [0.1, 0.15) is 18.4 Å². The molecule has 2 N–H and O–H groups in total. The van der Waals surface area contributed by atoms with Gasteiger partial charge in [0.25, 0.3) is 17.7 Å². The second-order valence-corrected chi connectivity index (χ2v) is 7.75. The molecule has 0 aromatic heterocycles. The number of fused-ring (bicyclic) bond motifs is 1. The second-order valence-electron chi connectivity index (χ2n) is 7.75. The topological polar surface area (TPSA) is 150 Å². The lowest BCUT2D eigenvalue weighted by Gasteiger charge is -2.27. The van der Waals surface area contributed by atoms with Crippen molar-refractivity contribution in [2.75, 3.05) is 52.8 Å². The average Bonchev–Trinajstić information content (AvgIpc) is 3.11. The predicted octanol–water partition coefficient (Wildman–Crippen LogP) is -0.734. The van der Waals surface area contributed by atoms with Crippen LogP contribution in [0, 0.1) is 12.3 Å². The minimum absolute atomic E-state index is 0.0200. The van der Waals surface area contributed by atoms with E-state index < -0.39 is 42.2 Å². The largest absolute Gasteiger partial charge is 0.483 e. The van der Waals surface area contributed by atoms with Gasteiger partial charge < -0.3 is 24.3 Å². The minimum atomic E-state index is -1.08. The zero-order valence-corrected chi connectivity index (χ0v) is 19.6. The molecule has 0 aliphatic carbocycles. The van der Waals surface area contributed by atoms with Crippen LogP contribution in [0.3, 0.4) is 0 Å². The van der Waals surface area contributed by atoms with Crippen LogP contribution >= 0.6 is 0 Å². The monoisotopic (exact) mass is 501 g/mol. The van der Waals surface area contributed by atoms with Gasteiger partial charge in [0.15, 0.2) is 6.61 Å². The quantitative estimate of drug-likeness (QED) is 0.191. The van der Waals surface area contributed by atoms with Gasteiger partial charge in [0.05, 0.1) is 44.2 Å². The van der Waals surface area contributed by atoms with Crippen molar-refractivity contribution in [1.82, 2.24) is 15.5 Å². The Morgan fingerprint density at radius 3 is 2.50 bits per heavy atom. The van der Waals surface area contributed by atoms with Crippen LogP contribution in [0.15, 0.2) is 18.2 Å². The van der Waals surface area contributed by atoms with Crippen molar-refractivity contribution in [2.45, 2.75) is 18.9 Å². The van der Waals surface area contributed by atoms with Crippen molar-refractivity contribution in [3.8, 4) is 18.1 Å².